The van der Waals surface area contributed by atoms with Crippen molar-refractivity contribution in [2.45, 2.75) is 51.2 Å². The molecule has 170 valence electrons. The summed E-state index contributed by atoms with van der Waals surface area (Å²) in [5.41, 5.74) is -0.160. The van der Waals surface area contributed by atoms with Gasteiger partial charge in [-0.25, -0.2) is 17.6 Å². The van der Waals surface area contributed by atoms with E-state index in [-0.39, 0.29) is 33.4 Å². The van der Waals surface area contributed by atoms with Gasteiger partial charge in [0.1, 0.15) is 11.4 Å². The highest BCUT2D eigenvalue weighted by Crippen LogP contribution is 2.42. The van der Waals surface area contributed by atoms with E-state index in [0.717, 1.165) is 6.26 Å². The average molecular weight is 473 g/mol. The van der Waals surface area contributed by atoms with Crippen LogP contribution >= 0.6 is 11.6 Å². The third-order valence-electron chi connectivity index (χ3n) is 4.12. The van der Waals surface area contributed by atoms with E-state index in [9.17, 15) is 13.2 Å². The molecule has 0 saturated heterocycles. The second-order valence-corrected chi connectivity index (χ2v) is 10.4. The highest BCUT2D eigenvalue weighted by molar-refractivity contribution is 7.90. The Balaban J connectivity index is 2.63. The molecule has 1 aromatic heterocycles. The third kappa shape index (κ3) is 6.30. The minimum Gasteiger partial charge on any atom is -0.493 e. The Hall–Kier alpha value is -2.39. The van der Waals surface area contributed by atoms with E-state index < -0.39 is 33.4 Å². The fourth-order valence-electron chi connectivity index (χ4n) is 2.83. The molecule has 10 heteroatoms. The maximum Gasteiger partial charge on any atom is 0.408 e. The highest BCUT2D eigenvalue weighted by Gasteiger charge is 2.26. The van der Waals surface area contributed by atoms with E-state index in [1.807, 2.05) is 0 Å². The summed E-state index contributed by atoms with van der Waals surface area (Å²) >= 11 is 6.14. The van der Waals surface area contributed by atoms with Gasteiger partial charge in [-0.2, -0.15) is 0 Å². The number of rotatable bonds is 6. The molecular formula is C21H26ClFN2O5S. The smallest absolute Gasteiger partial charge is 0.408 e. The normalized spacial score (nSPS) is 12.9. The Morgan fingerprint density at radius 3 is 2.48 bits per heavy atom. The lowest BCUT2D eigenvalue weighted by atomic mass is 9.98. The molecule has 2 rings (SSSR count). The molecule has 0 aliphatic rings. The summed E-state index contributed by atoms with van der Waals surface area (Å²) in [6, 6.07) is 2.01. The van der Waals surface area contributed by atoms with Crippen LogP contribution in [0.25, 0.3) is 11.1 Å². The summed E-state index contributed by atoms with van der Waals surface area (Å²) in [5.74, 6) is -0.661. The summed E-state index contributed by atoms with van der Waals surface area (Å²) < 4.78 is 50.0. The van der Waals surface area contributed by atoms with Gasteiger partial charge in [-0.1, -0.05) is 11.6 Å². The molecule has 0 saturated carbocycles. The number of ether oxygens (including phenoxy) is 2. The topological polar surface area (TPSA) is 94.6 Å². The van der Waals surface area contributed by atoms with Crippen molar-refractivity contribution < 1.29 is 27.1 Å². The minimum absolute atomic E-state index is 0.0415. The van der Waals surface area contributed by atoms with Crippen LogP contribution in [0.4, 0.5) is 9.18 Å². The fourth-order valence-corrected chi connectivity index (χ4v) is 3.63. The number of hydrogen-bond donors (Lipinski definition) is 1. The Morgan fingerprint density at radius 2 is 1.94 bits per heavy atom. The third-order valence-corrected chi connectivity index (χ3v) is 5.47. The number of carbonyl (C=O) groups excluding carboxylic acids is 1. The molecular weight excluding hydrogens is 447 g/mol. The Kier molecular flexibility index (Phi) is 7.54. The number of nitrogens with zero attached hydrogens (tertiary/aromatic N) is 1. The fraction of sp³-hybridized carbons (Fsp3) is 0.429. The number of aromatic nitrogens is 1. The van der Waals surface area contributed by atoms with Crippen LogP contribution in [0.5, 0.6) is 5.75 Å². The van der Waals surface area contributed by atoms with Gasteiger partial charge >= 0.3 is 6.09 Å². The maximum atomic E-state index is 15.1. The van der Waals surface area contributed by atoms with E-state index in [1.165, 1.54) is 24.5 Å². The number of nitrogens with one attached hydrogen (secondary N) is 1. The SMILES string of the molecule is CCOc1c(C(C)NC(=O)OC(C)(C)C)cc(Cl)c(F)c1-c1cncc(S(C)(=O)=O)c1. The van der Waals surface area contributed by atoms with Crippen molar-refractivity contribution in [1.82, 2.24) is 10.3 Å². The van der Waals surface area contributed by atoms with Gasteiger partial charge in [-0.3, -0.25) is 4.98 Å². The Bertz CT molecular complexity index is 1080. The van der Waals surface area contributed by atoms with Crippen LogP contribution in [-0.4, -0.2) is 38.0 Å². The highest BCUT2D eigenvalue weighted by atomic mass is 35.5. The molecule has 1 atom stereocenters. The van der Waals surface area contributed by atoms with Gasteiger partial charge in [0.25, 0.3) is 0 Å². The second-order valence-electron chi connectivity index (χ2n) is 7.95. The summed E-state index contributed by atoms with van der Waals surface area (Å²) in [5, 5.41) is 2.47. The predicted octanol–water partition coefficient (Wildman–Crippen LogP) is 4.93. The number of alkyl carbamates (subject to hydrolysis) is 1. The molecule has 0 aliphatic carbocycles. The summed E-state index contributed by atoms with van der Waals surface area (Å²) in [7, 11) is -3.57. The molecule has 0 fully saturated rings. The number of amides is 1. The Morgan fingerprint density at radius 1 is 1.29 bits per heavy atom. The second kappa shape index (κ2) is 9.40. The summed E-state index contributed by atoms with van der Waals surface area (Å²) in [6.07, 6.45) is 2.87. The zero-order chi connectivity index (χ0) is 23.6. The number of hydrogen-bond acceptors (Lipinski definition) is 6. The molecule has 1 N–H and O–H groups in total. The van der Waals surface area contributed by atoms with Crippen molar-refractivity contribution in [3.63, 3.8) is 0 Å². The van der Waals surface area contributed by atoms with E-state index in [4.69, 9.17) is 21.1 Å². The van der Waals surface area contributed by atoms with E-state index in [2.05, 4.69) is 10.3 Å². The number of benzene rings is 1. The zero-order valence-electron chi connectivity index (χ0n) is 18.2. The molecule has 0 bridgehead atoms. The molecule has 2 aromatic rings. The van der Waals surface area contributed by atoms with Gasteiger partial charge in [0, 0.05) is 29.8 Å². The van der Waals surface area contributed by atoms with Gasteiger partial charge < -0.3 is 14.8 Å². The first kappa shape index (κ1) is 24.9. The van der Waals surface area contributed by atoms with Crippen LogP contribution in [0.3, 0.4) is 0 Å². The number of pyridine rings is 1. The van der Waals surface area contributed by atoms with Crippen LogP contribution < -0.4 is 10.1 Å². The van der Waals surface area contributed by atoms with E-state index >= 15 is 4.39 Å². The van der Waals surface area contributed by atoms with Gasteiger partial charge in [0.15, 0.2) is 15.7 Å². The van der Waals surface area contributed by atoms with Crippen LogP contribution in [-0.2, 0) is 14.6 Å². The standard InChI is InChI=1S/C21H26ClFN2O5S/c1-7-29-19-15(12(2)25-20(26)30-21(3,4)5)9-16(22)18(23)17(19)13-8-14(11-24-10-13)31(6,27)28/h8-12H,7H2,1-6H3,(H,25,26). The van der Waals surface area contributed by atoms with Crippen molar-refractivity contribution in [3.8, 4) is 16.9 Å². The number of carbonyl (C=O) groups is 1. The average Bonchev–Trinajstić information content (AvgIpc) is 2.62. The van der Waals surface area contributed by atoms with Gasteiger partial charge in [-0.05, 0) is 46.8 Å². The lowest BCUT2D eigenvalue weighted by molar-refractivity contribution is 0.0507. The summed E-state index contributed by atoms with van der Waals surface area (Å²) in [6.45, 7) is 8.79. The van der Waals surface area contributed by atoms with Crippen molar-refractivity contribution in [3.05, 3.63) is 40.9 Å². The quantitative estimate of drug-likeness (QED) is 0.640. The lowest BCUT2D eigenvalue weighted by Crippen LogP contribution is -2.34. The molecule has 0 radical (unpaired) electrons. The molecule has 0 spiro atoms. The van der Waals surface area contributed by atoms with Crippen LogP contribution in [0.2, 0.25) is 5.02 Å². The molecule has 1 aromatic carbocycles. The van der Waals surface area contributed by atoms with Crippen LogP contribution in [0.15, 0.2) is 29.4 Å². The molecule has 7 nitrogen and oxygen atoms in total. The van der Waals surface area contributed by atoms with Crippen molar-refractivity contribution in [1.29, 1.82) is 0 Å². The van der Waals surface area contributed by atoms with Crippen LogP contribution in [0, 0.1) is 5.82 Å². The Labute approximate surface area is 186 Å². The van der Waals surface area contributed by atoms with Crippen molar-refractivity contribution in [2.75, 3.05) is 12.9 Å². The zero-order valence-corrected chi connectivity index (χ0v) is 19.8. The first-order valence-electron chi connectivity index (χ1n) is 9.54. The number of sulfone groups is 1. The molecule has 1 heterocycles. The van der Waals surface area contributed by atoms with Gasteiger partial charge in [0.05, 0.1) is 28.1 Å². The molecule has 0 aliphatic heterocycles. The predicted molar refractivity (Wildman–Crippen MR) is 117 cm³/mol. The van der Waals surface area contributed by atoms with Gasteiger partial charge in [0.2, 0.25) is 0 Å². The maximum absolute atomic E-state index is 15.1. The van der Waals surface area contributed by atoms with Crippen LogP contribution in [0.1, 0.15) is 46.2 Å². The minimum atomic E-state index is -3.57. The molecule has 1 amide bonds. The van der Waals surface area contributed by atoms with E-state index in [0.29, 0.717) is 5.56 Å². The van der Waals surface area contributed by atoms with Crippen molar-refractivity contribution in [2.24, 2.45) is 0 Å². The molecule has 31 heavy (non-hydrogen) atoms. The van der Waals surface area contributed by atoms with E-state index in [1.54, 1.807) is 34.6 Å². The van der Waals surface area contributed by atoms with Gasteiger partial charge in [-0.15, -0.1) is 0 Å². The summed E-state index contributed by atoms with van der Waals surface area (Å²) in [4.78, 5) is 16.1. The first-order valence-corrected chi connectivity index (χ1v) is 11.8. The largest absolute Gasteiger partial charge is 0.493 e. The first-order chi connectivity index (χ1) is 14.2. The lowest BCUT2D eigenvalue weighted by Gasteiger charge is -2.24. The van der Waals surface area contributed by atoms with Crippen molar-refractivity contribution >= 4 is 27.5 Å². The number of halogens is 2. The monoisotopic (exact) mass is 472 g/mol. The molecule has 1 unspecified atom stereocenters.